The Kier molecular flexibility index (Phi) is 7.64. The Bertz CT molecular complexity index is 1360. The van der Waals surface area contributed by atoms with Crippen molar-refractivity contribution in [1.82, 2.24) is 14.8 Å². The van der Waals surface area contributed by atoms with Gasteiger partial charge >= 0.3 is 0 Å². The number of thioether (sulfide) groups is 1. The fourth-order valence-electron chi connectivity index (χ4n) is 3.37. The van der Waals surface area contributed by atoms with E-state index in [2.05, 4.69) is 15.5 Å². The average molecular weight is 510 g/mol. The van der Waals surface area contributed by atoms with Crippen LogP contribution in [-0.2, 0) is 11.2 Å². The van der Waals surface area contributed by atoms with Crippen LogP contribution in [0.15, 0.2) is 78.0 Å². The summed E-state index contributed by atoms with van der Waals surface area (Å²) in [6.45, 7) is 0. The Labute approximate surface area is 210 Å². The zero-order chi connectivity index (χ0) is 24.8. The molecule has 0 radical (unpaired) electrons. The van der Waals surface area contributed by atoms with Gasteiger partial charge in [-0.1, -0.05) is 59.8 Å². The number of anilines is 1. The van der Waals surface area contributed by atoms with Gasteiger partial charge in [0.1, 0.15) is 11.6 Å². The number of nitro groups is 1. The number of rotatable bonds is 9. The smallest absolute Gasteiger partial charge is 0.273 e. The first-order valence-corrected chi connectivity index (χ1v) is 11.8. The highest BCUT2D eigenvalue weighted by Gasteiger charge is 2.18. The van der Waals surface area contributed by atoms with Crippen molar-refractivity contribution in [3.05, 3.63) is 99.3 Å². The van der Waals surface area contributed by atoms with Crippen LogP contribution in [0.3, 0.4) is 0 Å². The van der Waals surface area contributed by atoms with E-state index in [4.69, 9.17) is 16.3 Å². The molecule has 9 nitrogen and oxygen atoms in total. The van der Waals surface area contributed by atoms with Crippen LogP contribution in [0, 0.1) is 10.1 Å². The lowest BCUT2D eigenvalue weighted by molar-refractivity contribution is -0.384. The van der Waals surface area contributed by atoms with Crippen molar-refractivity contribution < 1.29 is 14.5 Å². The second-order valence-corrected chi connectivity index (χ2v) is 8.73. The van der Waals surface area contributed by atoms with Gasteiger partial charge in [-0.25, -0.2) is 0 Å². The van der Waals surface area contributed by atoms with Gasteiger partial charge in [-0.05, 0) is 29.8 Å². The van der Waals surface area contributed by atoms with Gasteiger partial charge in [-0.2, -0.15) is 0 Å². The Morgan fingerprint density at radius 1 is 1.11 bits per heavy atom. The normalized spacial score (nSPS) is 10.7. The van der Waals surface area contributed by atoms with E-state index in [9.17, 15) is 14.9 Å². The quantitative estimate of drug-likeness (QED) is 0.188. The lowest BCUT2D eigenvalue weighted by Gasteiger charge is -2.12. The molecule has 11 heteroatoms. The van der Waals surface area contributed by atoms with Crippen molar-refractivity contribution in [2.75, 3.05) is 18.2 Å². The van der Waals surface area contributed by atoms with Crippen molar-refractivity contribution in [3.63, 3.8) is 0 Å². The van der Waals surface area contributed by atoms with E-state index < -0.39 is 4.92 Å². The molecule has 0 aliphatic carbocycles. The molecule has 0 aliphatic heterocycles. The second kappa shape index (κ2) is 11.0. The topological polar surface area (TPSA) is 112 Å². The molecule has 0 aliphatic rings. The fraction of sp³-hybridized carbons (Fsp3) is 0.125. The van der Waals surface area contributed by atoms with Gasteiger partial charge in [0.05, 0.1) is 35.2 Å². The van der Waals surface area contributed by atoms with E-state index in [1.165, 1.54) is 37.1 Å². The first kappa shape index (κ1) is 24.2. The standard InChI is InChI=1S/C24H20ClN5O4S/c1-34-21-14-19(30(32)33)10-11-20(21)26-23(31)15-35-24-28-27-22(12-16-6-3-2-4-7-16)29(24)18-9-5-8-17(25)13-18/h2-11,13-14H,12,15H2,1H3,(H,26,31). The molecule has 0 fully saturated rings. The summed E-state index contributed by atoms with van der Waals surface area (Å²) in [5, 5.41) is 23.5. The maximum absolute atomic E-state index is 12.7. The number of benzene rings is 3. The van der Waals surface area contributed by atoms with Gasteiger partial charge in [0.25, 0.3) is 5.69 Å². The van der Waals surface area contributed by atoms with Gasteiger partial charge in [0, 0.05) is 17.5 Å². The number of amides is 1. The Morgan fingerprint density at radius 3 is 2.63 bits per heavy atom. The molecule has 35 heavy (non-hydrogen) atoms. The van der Waals surface area contributed by atoms with E-state index in [1.807, 2.05) is 53.1 Å². The van der Waals surface area contributed by atoms with Crippen LogP contribution in [0.25, 0.3) is 5.69 Å². The fourth-order valence-corrected chi connectivity index (χ4v) is 4.33. The summed E-state index contributed by atoms with van der Waals surface area (Å²) in [6, 6.07) is 21.2. The van der Waals surface area contributed by atoms with E-state index >= 15 is 0 Å². The van der Waals surface area contributed by atoms with Crippen LogP contribution in [0.5, 0.6) is 5.75 Å². The monoisotopic (exact) mass is 509 g/mol. The molecule has 1 heterocycles. The van der Waals surface area contributed by atoms with Crippen LogP contribution in [0.4, 0.5) is 11.4 Å². The molecular formula is C24H20ClN5O4S. The summed E-state index contributed by atoms with van der Waals surface area (Å²) in [4.78, 5) is 23.1. The molecule has 0 spiro atoms. The molecule has 0 atom stereocenters. The Balaban J connectivity index is 1.54. The molecule has 0 saturated heterocycles. The summed E-state index contributed by atoms with van der Waals surface area (Å²) in [5.41, 5.74) is 2.07. The number of nitro benzene ring substituents is 1. The highest BCUT2D eigenvalue weighted by Crippen LogP contribution is 2.30. The molecule has 1 amide bonds. The number of carbonyl (C=O) groups excluding carboxylic acids is 1. The van der Waals surface area contributed by atoms with Crippen LogP contribution in [0.2, 0.25) is 5.02 Å². The minimum atomic E-state index is -0.528. The van der Waals surface area contributed by atoms with Gasteiger partial charge in [-0.3, -0.25) is 19.5 Å². The van der Waals surface area contributed by atoms with Crippen LogP contribution < -0.4 is 10.1 Å². The van der Waals surface area contributed by atoms with E-state index in [0.29, 0.717) is 28.1 Å². The third kappa shape index (κ3) is 5.97. The molecular weight excluding hydrogens is 490 g/mol. The van der Waals surface area contributed by atoms with Crippen LogP contribution in [-0.4, -0.2) is 38.5 Å². The van der Waals surface area contributed by atoms with E-state index in [0.717, 1.165) is 11.3 Å². The maximum atomic E-state index is 12.7. The number of hydrogen-bond donors (Lipinski definition) is 1. The molecule has 0 bridgehead atoms. The summed E-state index contributed by atoms with van der Waals surface area (Å²) in [5.74, 6) is 0.611. The molecule has 0 unspecified atom stereocenters. The van der Waals surface area contributed by atoms with E-state index in [-0.39, 0.29) is 23.1 Å². The molecule has 4 aromatic rings. The molecule has 4 rings (SSSR count). The highest BCUT2D eigenvalue weighted by molar-refractivity contribution is 7.99. The number of nitrogens with zero attached hydrogens (tertiary/aromatic N) is 4. The number of hydrogen-bond acceptors (Lipinski definition) is 7. The lowest BCUT2D eigenvalue weighted by atomic mass is 10.1. The van der Waals surface area contributed by atoms with Crippen LogP contribution in [0.1, 0.15) is 11.4 Å². The highest BCUT2D eigenvalue weighted by atomic mass is 35.5. The molecule has 1 aromatic heterocycles. The number of nitrogens with one attached hydrogen (secondary N) is 1. The first-order valence-electron chi connectivity index (χ1n) is 10.4. The number of ether oxygens (including phenoxy) is 1. The zero-order valence-corrected chi connectivity index (χ0v) is 20.1. The zero-order valence-electron chi connectivity index (χ0n) is 18.6. The SMILES string of the molecule is COc1cc([N+](=O)[O-])ccc1NC(=O)CSc1nnc(Cc2ccccc2)n1-c1cccc(Cl)c1. The number of methoxy groups -OCH3 is 1. The van der Waals surface area contributed by atoms with Crippen molar-refractivity contribution in [1.29, 1.82) is 0 Å². The summed E-state index contributed by atoms with van der Waals surface area (Å²) >= 11 is 7.44. The molecule has 1 N–H and O–H groups in total. The average Bonchev–Trinajstić information content (AvgIpc) is 3.25. The molecule has 3 aromatic carbocycles. The summed E-state index contributed by atoms with van der Waals surface area (Å²) in [7, 11) is 1.38. The third-order valence-electron chi connectivity index (χ3n) is 4.97. The lowest BCUT2D eigenvalue weighted by Crippen LogP contribution is -2.15. The summed E-state index contributed by atoms with van der Waals surface area (Å²) < 4.78 is 7.06. The van der Waals surface area contributed by atoms with Gasteiger partial charge < -0.3 is 10.1 Å². The first-order chi connectivity index (χ1) is 16.9. The van der Waals surface area contributed by atoms with E-state index in [1.54, 1.807) is 6.07 Å². The molecule has 178 valence electrons. The minimum absolute atomic E-state index is 0.0319. The largest absolute Gasteiger partial charge is 0.494 e. The Hall–Kier alpha value is -3.89. The maximum Gasteiger partial charge on any atom is 0.273 e. The van der Waals surface area contributed by atoms with Gasteiger partial charge in [0.2, 0.25) is 5.91 Å². The summed E-state index contributed by atoms with van der Waals surface area (Å²) in [6.07, 6.45) is 0.549. The van der Waals surface area contributed by atoms with Crippen molar-refractivity contribution >= 4 is 40.6 Å². The second-order valence-electron chi connectivity index (χ2n) is 7.36. The third-order valence-corrected chi connectivity index (χ3v) is 6.14. The minimum Gasteiger partial charge on any atom is -0.494 e. The number of carbonyl (C=O) groups is 1. The number of aromatic nitrogens is 3. The van der Waals surface area contributed by atoms with Gasteiger partial charge in [-0.15, -0.1) is 10.2 Å². The van der Waals surface area contributed by atoms with Crippen molar-refractivity contribution in [2.24, 2.45) is 0 Å². The Morgan fingerprint density at radius 2 is 1.91 bits per heavy atom. The number of non-ortho nitro benzene ring substituents is 1. The molecule has 0 saturated carbocycles. The van der Waals surface area contributed by atoms with Crippen molar-refractivity contribution in [2.45, 2.75) is 11.6 Å². The van der Waals surface area contributed by atoms with Crippen LogP contribution >= 0.6 is 23.4 Å². The predicted octanol–water partition coefficient (Wildman–Crippen LogP) is 5.16. The number of halogens is 1. The predicted molar refractivity (Wildman–Crippen MR) is 135 cm³/mol. The van der Waals surface area contributed by atoms with Gasteiger partial charge in [0.15, 0.2) is 5.16 Å². The van der Waals surface area contributed by atoms with Crippen molar-refractivity contribution in [3.8, 4) is 11.4 Å².